The summed E-state index contributed by atoms with van der Waals surface area (Å²) in [6.07, 6.45) is 0. The molecule has 0 aliphatic carbocycles. The molecule has 0 bridgehead atoms. The number of hydrogen-bond donors (Lipinski definition) is 1. The van der Waals surface area contributed by atoms with E-state index in [2.05, 4.69) is 5.32 Å². The molecule has 0 spiro atoms. The normalized spacial score (nSPS) is 12.3. The summed E-state index contributed by atoms with van der Waals surface area (Å²) in [6.45, 7) is 1.60. The van der Waals surface area contributed by atoms with Crippen LogP contribution in [-0.2, 0) is 0 Å². The number of aryl methyl sites for hydroxylation is 1. The van der Waals surface area contributed by atoms with Crippen LogP contribution >= 0.6 is 11.6 Å². The van der Waals surface area contributed by atoms with E-state index in [9.17, 15) is 8.78 Å². The lowest BCUT2D eigenvalue weighted by Crippen LogP contribution is -2.21. The molecule has 0 heterocycles. The van der Waals surface area contributed by atoms with Crippen LogP contribution in [-0.4, -0.2) is 14.2 Å². The Balaban J connectivity index is 2.58. The van der Waals surface area contributed by atoms with E-state index in [0.29, 0.717) is 21.9 Å². The van der Waals surface area contributed by atoms with Gasteiger partial charge in [-0.2, -0.15) is 0 Å². The van der Waals surface area contributed by atoms with Gasteiger partial charge in [0, 0.05) is 10.6 Å². The first kappa shape index (κ1) is 15.7. The summed E-state index contributed by atoms with van der Waals surface area (Å²) in [5.74, 6) is -0.589. The SMILES string of the molecule is CNC(c1ccc(OC)cc1Cl)c1c(F)ccc(C)c1F. The van der Waals surface area contributed by atoms with E-state index in [0.717, 1.165) is 0 Å². The van der Waals surface area contributed by atoms with Crippen LogP contribution in [0, 0.1) is 18.6 Å². The molecule has 2 rings (SSSR count). The first-order valence-electron chi connectivity index (χ1n) is 6.44. The standard InChI is InChI=1S/C16H16ClF2NO/c1-9-4-7-13(18)14(15(9)19)16(20-2)11-6-5-10(21-3)8-12(11)17/h4-8,16,20H,1-3H3. The van der Waals surface area contributed by atoms with Crippen LogP contribution in [0.5, 0.6) is 5.75 Å². The first-order valence-corrected chi connectivity index (χ1v) is 6.82. The van der Waals surface area contributed by atoms with Gasteiger partial charge in [-0.15, -0.1) is 0 Å². The maximum absolute atomic E-state index is 14.3. The summed E-state index contributed by atoms with van der Waals surface area (Å²) in [5, 5.41) is 3.30. The predicted molar refractivity (Wildman–Crippen MR) is 80.0 cm³/mol. The Hall–Kier alpha value is -1.65. The van der Waals surface area contributed by atoms with Gasteiger partial charge in [0.05, 0.1) is 13.2 Å². The van der Waals surface area contributed by atoms with Gasteiger partial charge in [0.15, 0.2) is 0 Å². The molecular formula is C16H16ClF2NO. The Morgan fingerprint density at radius 2 is 1.90 bits per heavy atom. The molecule has 1 N–H and O–H groups in total. The summed E-state index contributed by atoms with van der Waals surface area (Å²) < 4.78 is 33.5. The highest BCUT2D eigenvalue weighted by molar-refractivity contribution is 6.31. The van der Waals surface area contributed by atoms with Gasteiger partial charge < -0.3 is 10.1 Å². The Kier molecular flexibility index (Phi) is 4.80. The van der Waals surface area contributed by atoms with Gasteiger partial charge in [0.2, 0.25) is 0 Å². The fourth-order valence-corrected chi connectivity index (χ4v) is 2.55. The number of ether oxygens (including phenoxy) is 1. The average molecular weight is 312 g/mol. The van der Waals surface area contributed by atoms with Gasteiger partial charge in [-0.1, -0.05) is 23.7 Å². The van der Waals surface area contributed by atoms with Crippen LogP contribution in [0.3, 0.4) is 0 Å². The van der Waals surface area contributed by atoms with Crippen molar-refractivity contribution in [2.45, 2.75) is 13.0 Å². The molecule has 0 saturated heterocycles. The number of rotatable bonds is 4. The van der Waals surface area contributed by atoms with Crippen molar-refractivity contribution in [3.05, 3.63) is 63.7 Å². The van der Waals surface area contributed by atoms with E-state index in [-0.39, 0.29) is 5.56 Å². The van der Waals surface area contributed by atoms with E-state index in [4.69, 9.17) is 16.3 Å². The smallest absolute Gasteiger partial charge is 0.134 e. The largest absolute Gasteiger partial charge is 0.497 e. The van der Waals surface area contributed by atoms with Crippen LogP contribution in [0.2, 0.25) is 5.02 Å². The summed E-state index contributed by atoms with van der Waals surface area (Å²) in [5.41, 5.74) is 0.934. The topological polar surface area (TPSA) is 21.3 Å². The summed E-state index contributed by atoms with van der Waals surface area (Å²) in [7, 11) is 3.16. The molecule has 5 heteroatoms. The van der Waals surface area contributed by atoms with Crippen molar-refractivity contribution in [2.24, 2.45) is 0 Å². The lowest BCUT2D eigenvalue weighted by Gasteiger charge is -2.21. The average Bonchev–Trinajstić information content (AvgIpc) is 2.48. The van der Waals surface area contributed by atoms with Crippen LogP contribution in [0.4, 0.5) is 8.78 Å². The van der Waals surface area contributed by atoms with Crippen molar-refractivity contribution < 1.29 is 13.5 Å². The summed E-state index contributed by atoms with van der Waals surface area (Å²) in [4.78, 5) is 0. The molecule has 0 amide bonds. The van der Waals surface area contributed by atoms with Crippen molar-refractivity contribution in [2.75, 3.05) is 14.2 Å². The first-order chi connectivity index (χ1) is 9.99. The van der Waals surface area contributed by atoms with Gasteiger partial charge in [-0.25, -0.2) is 8.78 Å². The number of methoxy groups -OCH3 is 1. The third-order valence-corrected chi connectivity index (χ3v) is 3.74. The van der Waals surface area contributed by atoms with Crippen molar-refractivity contribution in [3.63, 3.8) is 0 Å². The monoisotopic (exact) mass is 311 g/mol. The second-order valence-electron chi connectivity index (χ2n) is 4.70. The zero-order valence-electron chi connectivity index (χ0n) is 12.0. The highest BCUT2D eigenvalue weighted by Gasteiger charge is 2.23. The fraction of sp³-hybridized carbons (Fsp3) is 0.250. The van der Waals surface area contributed by atoms with E-state index in [1.54, 1.807) is 32.2 Å². The molecule has 2 aromatic carbocycles. The molecular weight excluding hydrogens is 296 g/mol. The summed E-state index contributed by atoms with van der Waals surface area (Å²) >= 11 is 6.21. The molecule has 0 aromatic heterocycles. The molecule has 1 unspecified atom stereocenters. The van der Waals surface area contributed by atoms with Crippen LogP contribution in [0.15, 0.2) is 30.3 Å². The minimum Gasteiger partial charge on any atom is -0.497 e. The van der Waals surface area contributed by atoms with Gasteiger partial charge in [0.25, 0.3) is 0 Å². The van der Waals surface area contributed by atoms with Gasteiger partial charge >= 0.3 is 0 Å². The molecule has 2 nitrogen and oxygen atoms in total. The molecule has 1 atom stereocenters. The Bertz CT molecular complexity index is 661. The molecule has 0 saturated carbocycles. The molecule has 0 aliphatic rings. The zero-order valence-corrected chi connectivity index (χ0v) is 12.8. The van der Waals surface area contributed by atoms with Gasteiger partial charge in [-0.05, 0) is 43.3 Å². The van der Waals surface area contributed by atoms with Gasteiger partial charge in [0.1, 0.15) is 17.4 Å². The Morgan fingerprint density at radius 3 is 2.48 bits per heavy atom. The fourth-order valence-electron chi connectivity index (χ4n) is 2.27. The zero-order chi connectivity index (χ0) is 15.6. The lowest BCUT2D eigenvalue weighted by molar-refractivity contribution is 0.414. The van der Waals surface area contributed by atoms with E-state index >= 15 is 0 Å². The number of halogens is 3. The molecule has 0 aliphatic heterocycles. The number of hydrogen-bond acceptors (Lipinski definition) is 2. The third-order valence-electron chi connectivity index (χ3n) is 3.42. The van der Waals surface area contributed by atoms with E-state index in [1.807, 2.05) is 0 Å². The maximum atomic E-state index is 14.3. The van der Waals surface area contributed by atoms with Crippen LogP contribution in [0.1, 0.15) is 22.7 Å². The third kappa shape index (κ3) is 3.01. The molecule has 0 fully saturated rings. The lowest BCUT2D eigenvalue weighted by atomic mass is 9.96. The Morgan fingerprint density at radius 1 is 1.19 bits per heavy atom. The minimum atomic E-state index is -0.677. The number of nitrogens with one attached hydrogen (secondary N) is 1. The second-order valence-corrected chi connectivity index (χ2v) is 5.11. The number of benzene rings is 2. The Labute approximate surface area is 127 Å². The molecule has 21 heavy (non-hydrogen) atoms. The van der Waals surface area contributed by atoms with Crippen molar-refractivity contribution in [3.8, 4) is 5.75 Å². The molecule has 112 valence electrons. The second kappa shape index (κ2) is 6.41. The van der Waals surface area contributed by atoms with Crippen LogP contribution in [0.25, 0.3) is 0 Å². The van der Waals surface area contributed by atoms with Gasteiger partial charge in [-0.3, -0.25) is 0 Å². The summed E-state index contributed by atoms with van der Waals surface area (Å²) in [6, 6.07) is 7.02. The van der Waals surface area contributed by atoms with E-state index < -0.39 is 17.7 Å². The highest BCUT2D eigenvalue weighted by Crippen LogP contribution is 2.34. The van der Waals surface area contributed by atoms with Crippen molar-refractivity contribution in [1.82, 2.24) is 5.32 Å². The highest BCUT2D eigenvalue weighted by atomic mass is 35.5. The van der Waals surface area contributed by atoms with Crippen molar-refractivity contribution in [1.29, 1.82) is 0 Å². The van der Waals surface area contributed by atoms with Crippen LogP contribution < -0.4 is 10.1 Å². The molecule has 2 aromatic rings. The van der Waals surface area contributed by atoms with Crippen molar-refractivity contribution >= 4 is 11.6 Å². The predicted octanol–water partition coefficient (Wildman–Crippen LogP) is 4.24. The maximum Gasteiger partial charge on any atom is 0.134 e. The minimum absolute atomic E-state index is 0.0374. The quantitative estimate of drug-likeness (QED) is 0.911. The molecule has 0 radical (unpaired) electrons. The van der Waals surface area contributed by atoms with E-state index in [1.165, 1.54) is 19.2 Å².